The van der Waals surface area contributed by atoms with Crippen molar-refractivity contribution in [3.8, 4) is 11.5 Å². The molecule has 1 aromatic carbocycles. The van der Waals surface area contributed by atoms with E-state index in [1.807, 2.05) is 6.92 Å². The third-order valence-corrected chi connectivity index (χ3v) is 4.58. The maximum atomic E-state index is 12.6. The SMILES string of the molecule is CCOc1cc(/C=C2/SC(=S)N(c3cccnc3)C2=O)ccc1O. The fourth-order valence-electron chi connectivity index (χ4n) is 2.22. The Morgan fingerprint density at radius 2 is 2.25 bits per heavy atom. The lowest BCUT2D eigenvalue weighted by molar-refractivity contribution is -0.113. The molecule has 3 rings (SSSR count). The van der Waals surface area contributed by atoms with Crippen LogP contribution in [0.3, 0.4) is 0 Å². The number of thiocarbonyl (C=S) groups is 1. The Bertz CT molecular complexity index is 822. The summed E-state index contributed by atoms with van der Waals surface area (Å²) in [7, 11) is 0. The molecule has 0 saturated carbocycles. The highest BCUT2D eigenvalue weighted by molar-refractivity contribution is 8.27. The van der Waals surface area contributed by atoms with E-state index in [0.29, 0.717) is 27.3 Å². The lowest BCUT2D eigenvalue weighted by Crippen LogP contribution is -2.27. The van der Waals surface area contributed by atoms with Crippen molar-refractivity contribution in [2.75, 3.05) is 11.5 Å². The van der Waals surface area contributed by atoms with Gasteiger partial charge in [0.05, 0.1) is 23.4 Å². The molecule has 0 atom stereocenters. The molecule has 0 radical (unpaired) electrons. The Morgan fingerprint density at radius 3 is 2.96 bits per heavy atom. The molecule has 1 aliphatic rings. The molecule has 1 aliphatic heterocycles. The van der Waals surface area contributed by atoms with Crippen LogP contribution in [0.1, 0.15) is 12.5 Å². The topological polar surface area (TPSA) is 62.7 Å². The number of nitrogens with zero attached hydrogens (tertiary/aromatic N) is 2. The number of thioether (sulfide) groups is 1. The summed E-state index contributed by atoms with van der Waals surface area (Å²) in [6, 6.07) is 8.49. The van der Waals surface area contributed by atoms with Crippen molar-refractivity contribution in [1.29, 1.82) is 0 Å². The summed E-state index contributed by atoms with van der Waals surface area (Å²) in [5.41, 5.74) is 1.40. The van der Waals surface area contributed by atoms with Crippen molar-refractivity contribution in [2.24, 2.45) is 0 Å². The highest BCUT2D eigenvalue weighted by atomic mass is 32.2. The van der Waals surface area contributed by atoms with Crippen molar-refractivity contribution in [2.45, 2.75) is 6.92 Å². The van der Waals surface area contributed by atoms with E-state index in [2.05, 4.69) is 4.98 Å². The molecule has 0 bridgehead atoms. The summed E-state index contributed by atoms with van der Waals surface area (Å²) >= 11 is 6.55. The number of ether oxygens (including phenoxy) is 1. The lowest BCUT2D eigenvalue weighted by Gasteiger charge is -2.13. The summed E-state index contributed by atoms with van der Waals surface area (Å²) in [5.74, 6) is 0.259. The average Bonchev–Trinajstić information content (AvgIpc) is 2.85. The molecule has 1 saturated heterocycles. The summed E-state index contributed by atoms with van der Waals surface area (Å²) < 4.78 is 5.83. The van der Waals surface area contributed by atoms with Gasteiger partial charge >= 0.3 is 0 Å². The predicted molar refractivity (Wildman–Crippen MR) is 99.2 cm³/mol. The largest absolute Gasteiger partial charge is 0.504 e. The van der Waals surface area contributed by atoms with E-state index in [1.54, 1.807) is 48.8 Å². The number of phenolic OH excluding ortho intramolecular Hbond substituents is 1. The molecule has 7 heteroatoms. The van der Waals surface area contributed by atoms with E-state index in [4.69, 9.17) is 17.0 Å². The number of carbonyl (C=O) groups excluding carboxylic acids is 1. The lowest BCUT2D eigenvalue weighted by atomic mass is 10.2. The summed E-state index contributed by atoms with van der Waals surface area (Å²) in [6.07, 6.45) is 4.97. The zero-order valence-electron chi connectivity index (χ0n) is 12.8. The summed E-state index contributed by atoms with van der Waals surface area (Å²) in [5, 5.41) is 9.76. The number of rotatable bonds is 4. The van der Waals surface area contributed by atoms with Crippen LogP contribution >= 0.6 is 24.0 Å². The second-order valence-electron chi connectivity index (χ2n) is 4.89. The molecule has 0 unspecified atom stereocenters. The van der Waals surface area contributed by atoms with Crippen molar-refractivity contribution in [1.82, 2.24) is 4.98 Å². The first kappa shape index (κ1) is 16.5. The predicted octanol–water partition coefficient (Wildman–Crippen LogP) is 3.59. The smallest absolute Gasteiger partial charge is 0.270 e. The molecule has 1 N–H and O–H groups in total. The number of pyridine rings is 1. The van der Waals surface area contributed by atoms with Crippen LogP contribution in [0.5, 0.6) is 11.5 Å². The minimum atomic E-state index is -0.191. The minimum Gasteiger partial charge on any atom is -0.504 e. The van der Waals surface area contributed by atoms with Crippen molar-refractivity contribution < 1.29 is 14.6 Å². The number of carbonyl (C=O) groups is 1. The Labute approximate surface area is 149 Å². The van der Waals surface area contributed by atoms with Gasteiger partial charge in [-0.15, -0.1) is 0 Å². The normalized spacial score (nSPS) is 16.0. The number of amides is 1. The molecule has 2 heterocycles. The fourth-order valence-corrected chi connectivity index (χ4v) is 3.52. The molecule has 24 heavy (non-hydrogen) atoms. The number of aromatic hydroxyl groups is 1. The molecule has 5 nitrogen and oxygen atoms in total. The molecule has 1 aromatic heterocycles. The summed E-state index contributed by atoms with van der Waals surface area (Å²) in [4.78, 5) is 18.6. The first-order valence-corrected chi connectivity index (χ1v) is 8.46. The third-order valence-electron chi connectivity index (χ3n) is 3.28. The van der Waals surface area contributed by atoms with Crippen molar-refractivity contribution in [3.05, 3.63) is 53.2 Å². The molecule has 0 aliphatic carbocycles. The van der Waals surface area contributed by atoms with Gasteiger partial charge in [0.2, 0.25) is 0 Å². The quantitative estimate of drug-likeness (QED) is 0.666. The van der Waals surface area contributed by atoms with E-state index < -0.39 is 0 Å². The molecule has 2 aromatic rings. The molecule has 1 fully saturated rings. The van der Waals surface area contributed by atoms with Gasteiger partial charge in [-0.3, -0.25) is 14.7 Å². The van der Waals surface area contributed by atoms with Crippen LogP contribution in [-0.4, -0.2) is 26.9 Å². The van der Waals surface area contributed by atoms with Crippen LogP contribution in [0.25, 0.3) is 6.08 Å². The Morgan fingerprint density at radius 1 is 1.42 bits per heavy atom. The molecular formula is C17H14N2O3S2. The minimum absolute atomic E-state index is 0.0666. The Kier molecular flexibility index (Phi) is 4.82. The zero-order valence-corrected chi connectivity index (χ0v) is 14.4. The summed E-state index contributed by atoms with van der Waals surface area (Å²) in [6.45, 7) is 2.28. The number of benzene rings is 1. The van der Waals surface area contributed by atoms with Gasteiger partial charge < -0.3 is 9.84 Å². The van der Waals surface area contributed by atoms with Gasteiger partial charge in [0.15, 0.2) is 15.8 Å². The van der Waals surface area contributed by atoms with Gasteiger partial charge in [-0.05, 0) is 42.8 Å². The van der Waals surface area contributed by atoms with E-state index in [0.717, 1.165) is 5.56 Å². The van der Waals surface area contributed by atoms with E-state index in [1.165, 1.54) is 16.7 Å². The van der Waals surface area contributed by atoms with Crippen LogP contribution in [0.15, 0.2) is 47.6 Å². The van der Waals surface area contributed by atoms with Crippen LogP contribution in [-0.2, 0) is 4.79 Å². The second-order valence-corrected chi connectivity index (χ2v) is 6.56. The van der Waals surface area contributed by atoms with Gasteiger partial charge in [-0.25, -0.2) is 0 Å². The van der Waals surface area contributed by atoms with Gasteiger partial charge in [0.1, 0.15) is 0 Å². The zero-order chi connectivity index (χ0) is 17.1. The highest BCUT2D eigenvalue weighted by Gasteiger charge is 2.33. The van der Waals surface area contributed by atoms with Gasteiger partial charge in [-0.1, -0.05) is 30.0 Å². The van der Waals surface area contributed by atoms with Crippen molar-refractivity contribution >= 4 is 46.0 Å². The first-order chi connectivity index (χ1) is 11.6. The molecule has 0 spiro atoms. The number of hydrogen-bond acceptors (Lipinski definition) is 6. The maximum Gasteiger partial charge on any atom is 0.270 e. The third kappa shape index (κ3) is 3.27. The van der Waals surface area contributed by atoms with E-state index in [9.17, 15) is 9.90 Å². The molecule has 1 amide bonds. The average molecular weight is 358 g/mol. The Balaban J connectivity index is 1.91. The van der Waals surface area contributed by atoms with Crippen LogP contribution < -0.4 is 9.64 Å². The monoisotopic (exact) mass is 358 g/mol. The number of hydrogen-bond donors (Lipinski definition) is 1. The van der Waals surface area contributed by atoms with E-state index >= 15 is 0 Å². The maximum absolute atomic E-state index is 12.6. The van der Waals surface area contributed by atoms with Crippen LogP contribution in [0.2, 0.25) is 0 Å². The van der Waals surface area contributed by atoms with Crippen LogP contribution in [0, 0.1) is 0 Å². The number of aromatic nitrogens is 1. The number of phenols is 1. The van der Waals surface area contributed by atoms with Gasteiger partial charge in [0, 0.05) is 6.20 Å². The van der Waals surface area contributed by atoms with Crippen LogP contribution in [0.4, 0.5) is 5.69 Å². The highest BCUT2D eigenvalue weighted by Crippen LogP contribution is 2.36. The molecular weight excluding hydrogens is 344 g/mol. The van der Waals surface area contributed by atoms with Crippen molar-refractivity contribution in [3.63, 3.8) is 0 Å². The van der Waals surface area contributed by atoms with Gasteiger partial charge in [0.25, 0.3) is 5.91 Å². The fraction of sp³-hybridized carbons (Fsp3) is 0.118. The Hall–Kier alpha value is -2.38. The second kappa shape index (κ2) is 7.02. The molecule has 122 valence electrons. The standard InChI is InChI=1S/C17H14N2O3S2/c1-2-22-14-8-11(5-6-13(14)20)9-15-16(21)19(17(23)24-15)12-4-3-7-18-10-12/h3-10,20H,2H2,1H3/b15-9+. The van der Waals surface area contributed by atoms with Gasteiger partial charge in [-0.2, -0.15) is 0 Å². The van der Waals surface area contributed by atoms with E-state index in [-0.39, 0.29) is 11.7 Å². The number of anilines is 1. The first-order valence-electron chi connectivity index (χ1n) is 7.24.